The Labute approximate surface area is 115 Å². The first-order chi connectivity index (χ1) is 9.49. The Hall–Kier alpha value is -2.65. The van der Waals surface area contributed by atoms with E-state index in [1.165, 1.54) is 5.32 Å². The van der Waals surface area contributed by atoms with Gasteiger partial charge in [0.05, 0.1) is 4.92 Å². The van der Waals surface area contributed by atoms with E-state index in [0.717, 1.165) is 24.3 Å². The molecule has 1 atom stereocenters. The van der Waals surface area contributed by atoms with E-state index in [0.29, 0.717) is 6.92 Å². The number of carboxylic acid groups (broad SMARTS) is 1. The number of rotatable bonds is 4. The molecule has 0 saturated heterocycles. The zero-order valence-corrected chi connectivity index (χ0v) is 10.5. The molecule has 1 rings (SSSR count). The summed E-state index contributed by atoms with van der Waals surface area (Å²) in [6.45, 7) is 0.304. The lowest BCUT2D eigenvalue weighted by Crippen LogP contribution is -2.61. The second-order valence-corrected chi connectivity index (χ2v) is 4.19. The van der Waals surface area contributed by atoms with Crippen molar-refractivity contribution in [1.29, 1.82) is 0 Å². The summed E-state index contributed by atoms with van der Waals surface area (Å²) in [6.07, 6.45) is -5.21. The summed E-state index contributed by atoms with van der Waals surface area (Å²) in [7, 11) is 0. The van der Waals surface area contributed by atoms with Gasteiger partial charge in [0.25, 0.3) is 11.6 Å². The molecular formula is C11H9F3N2O5. The molecule has 1 aromatic carbocycles. The molecule has 7 nitrogen and oxygen atoms in total. The highest BCUT2D eigenvalue weighted by atomic mass is 19.4. The highest BCUT2D eigenvalue weighted by Gasteiger charge is 2.58. The number of nitro groups is 1. The van der Waals surface area contributed by atoms with Crippen LogP contribution >= 0.6 is 0 Å². The fourth-order valence-electron chi connectivity index (χ4n) is 1.28. The van der Waals surface area contributed by atoms with Gasteiger partial charge in [-0.25, -0.2) is 4.79 Å². The van der Waals surface area contributed by atoms with Gasteiger partial charge < -0.3 is 10.4 Å². The molecular weight excluding hydrogens is 297 g/mol. The Kier molecular flexibility index (Phi) is 4.21. The van der Waals surface area contributed by atoms with Crippen LogP contribution in [0.4, 0.5) is 18.9 Å². The Bertz CT molecular complexity index is 585. The molecule has 0 bridgehead atoms. The lowest BCUT2D eigenvalue weighted by Gasteiger charge is -2.28. The van der Waals surface area contributed by atoms with Gasteiger partial charge in [-0.1, -0.05) is 0 Å². The molecule has 2 N–H and O–H groups in total. The van der Waals surface area contributed by atoms with Crippen LogP contribution in [0.5, 0.6) is 0 Å². The van der Waals surface area contributed by atoms with E-state index in [2.05, 4.69) is 0 Å². The molecule has 0 spiro atoms. The Balaban J connectivity index is 3.03. The zero-order chi connectivity index (χ0) is 16.4. The highest BCUT2D eigenvalue weighted by Crippen LogP contribution is 2.30. The SMILES string of the molecule is CC(NC(=O)c1ccc([N+](=O)[O-])cc1)(C(=O)O)C(F)(F)F. The largest absolute Gasteiger partial charge is 0.479 e. The smallest absolute Gasteiger partial charge is 0.422 e. The minimum Gasteiger partial charge on any atom is -0.479 e. The number of benzene rings is 1. The van der Waals surface area contributed by atoms with Crippen molar-refractivity contribution in [3.8, 4) is 0 Å². The van der Waals surface area contributed by atoms with Gasteiger partial charge in [-0.2, -0.15) is 13.2 Å². The minimum absolute atomic E-state index is 0.304. The summed E-state index contributed by atoms with van der Waals surface area (Å²) in [5, 5.41) is 20.4. The predicted molar refractivity (Wildman–Crippen MR) is 62.7 cm³/mol. The van der Waals surface area contributed by atoms with E-state index < -0.39 is 28.5 Å². The Morgan fingerprint density at radius 2 is 1.71 bits per heavy atom. The second-order valence-electron chi connectivity index (χ2n) is 4.19. The van der Waals surface area contributed by atoms with Crippen molar-refractivity contribution in [3.05, 3.63) is 39.9 Å². The van der Waals surface area contributed by atoms with Crippen molar-refractivity contribution in [2.24, 2.45) is 0 Å². The van der Waals surface area contributed by atoms with Crippen molar-refractivity contribution in [2.45, 2.75) is 18.6 Å². The minimum atomic E-state index is -5.21. The number of nitrogens with zero attached hydrogens (tertiary/aromatic N) is 1. The van der Waals surface area contributed by atoms with Crippen LogP contribution in [0.2, 0.25) is 0 Å². The molecule has 0 aliphatic rings. The number of hydrogen-bond donors (Lipinski definition) is 2. The maximum absolute atomic E-state index is 12.7. The number of amides is 1. The quantitative estimate of drug-likeness (QED) is 0.650. The highest BCUT2D eigenvalue weighted by molar-refractivity contribution is 5.98. The van der Waals surface area contributed by atoms with Crippen molar-refractivity contribution in [1.82, 2.24) is 5.32 Å². The van der Waals surface area contributed by atoms with Crippen LogP contribution in [0.15, 0.2) is 24.3 Å². The molecule has 10 heteroatoms. The fraction of sp³-hybridized carbons (Fsp3) is 0.273. The number of carbonyl (C=O) groups is 2. The summed E-state index contributed by atoms with van der Waals surface area (Å²) in [6, 6.07) is 3.68. The van der Waals surface area contributed by atoms with Crippen LogP contribution in [0, 0.1) is 10.1 Å². The molecule has 0 aliphatic carbocycles. The summed E-state index contributed by atoms with van der Waals surface area (Å²) in [5.41, 5.74) is -4.16. The van der Waals surface area contributed by atoms with Crippen LogP contribution < -0.4 is 5.32 Å². The topological polar surface area (TPSA) is 110 Å². The van der Waals surface area contributed by atoms with Crippen LogP contribution in [0.3, 0.4) is 0 Å². The van der Waals surface area contributed by atoms with Gasteiger partial charge in [0.2, 0.25) is 5.54 Å². The number of halogens is 3. The van der Waals surface area contributed by atoms with Gasteiger partial charge in [-0.05, 0) is 19.1 Å². The summed E-state index contributed by atoms with van der Waals surface area (Å²) in [4.78, 5) is 32.1. The van der Waals surface area contributed by atoms with Gasteiger partial charge in [0.1, 0.15) is 0 Å². The van der Waals surface area contributed by atoms with Gasteiger partial charge in [-0.3, -0.25) is 14.9 Å². The average Bonchev–Trinajstić information content (AvgIpc) is 2.37. The molecule has 0 aromatic heterocycles. The Morgan fingerprint density at radius 3 is 2.05 bits per heavy atom. The molecule has 0 fully saturated rings. The Morgan fingerprint density at radius 1 is 1.24 bits per heavy atom. The van der Waals surface area contributed by atoms with Crippen LogP contribution in [-0.2, 0) is 4.79 Å². The van der Waals surface area contributed by atoms with Crippen molar-refractivity contribution < 1.29 is 32.8 Å². The number of aliphatic carboxylic acids is 1. The number of hydrogen-bond acceptors (Lipinski definition) is 4. The first kappa shape index (κ1) is 16.4. The number of alkyl halides is 3. The summed E-state index contributed by atoms with van der Waals surface area (Å²) in [5.74, 6) is -3.59. The third-order valence-electron chi connectivity index (χ3n) is 2.70. The predicted octanol–water partition coefficient (Wildman–Crippen LogP) is 1.73. The summed E-state index contributed by atoms with van der Waals surface area (Å²) >= 11 is 0. The zero-order valence-electron chi connectivity index (χ0n) is 10.5. The van der Waals surface area contributed by atoms with Gasteiger partial charge in [0.15, 0.2) is 0 Å². The lowest BCUT2D eigenvalue weighted by atomic mass is 10.0. The van der Waals surface area contributed by atoms with Crippen molar-refractivity contribution >= 4 is 17.6 Å². The molecule has 0 heterocycles. The second kappa shape index (κ2) is 5.38. The standard InChI is InChI=1S/C11H9F3N2O5/c1-10(9(18)19,11(12,13)14)15-8(17)6-2-4-7(5-3-6)16(20)21/h2-5H,1H3,(H,15,17)(H,18,19). The molecule has 0 saturated carbocycles. The number of carboxylic acids is 1. The van der Waals surface area contributed by atoms with Crippen molar-refractivity contribution in [3.63, 3.8) is 0 Å². The molecule has 0 aliphatic heterocycles. The molecule has 0 radical (unpaired) electrons. The van der Waals surface area contributed by atoms with E-state index in [-0.39, 0.29) is 11.3 Å². The molecule has 1 aromatic rings. The average molecular weight is 306 g/mol. The van der Waals surface area contributed by atoms with E-state index in [9.17, 15) is 32.9 Å². The number of nitro benzene ring substituents is 1. The first-order valence-corrected chi connectivity index (χ1v) is 5.36. The lowest BCUT2D eigenvalue weighted by molar-refractivity contribution is -0.384. The van der Waals surface area contributed by atoms with Gasteiger partial charge >= 0.3 is 12.1 Å². The van der Waals surface area contributed by atoms with E-state index in [4.69, 9.17) is 5.11 Å². The monoisotopic (exact) mass is 306 g/mol. The maximum Gasteiger partial charge on any atom is 0.422 e. The van der Waals surface area contributed by atoms with Crippen molar-refractivity contribution in [2.75, 3.05) is 0 Å². The van der Waals surface area contributed by atoms with E-state index in [1.54, 1.807) is 0 Å². The van der Waals surface area contributed by atoms with Crippen LogP contribution in [0.25, 0.3) is 0 Å². The molecule has 114 valence electrons. The number of nitrogens with one attached hydrogen (secondary N) is 1. The third-order valence-corrected chi connectivity index (χ3v) is 2.70. The van der Waals surface area contributed by atoms with Crippen LogP contribution in [0.1, 0.15) is 17.3 Å². The van der Waals surface area contributed by atoms with Gasteiger partial charge in [0, 0.05) is 17.7 Å². The fourth-order valence-corrected chi connectivity index (χ4v) is 1.28. The van der Waals surface area contributed by atoms with E-state index >= 15 is 0 Å². The molecule has 1 unspecified atom stereocenters. The summed E-state index contributed by atoms with van der Waals surface area (Å²) < 4.78 is 38.1. The van der Waals surface area contributed by atoms with E-state index in [1.807, 2.05) is 0 Å². The number of carbonyl (C=O) groups excluding carboxylic acids is 1. The third kappa shape index (κ3) is 3.27. The number of non-ortho nitro benzene ring substituents is 1. The molecule has 21 heavy (non-hydrogen) atoms. The normalized spacial score (nSPS) is 14.1. The molecule has 1 amide bonds. The maximum atomic E-state index is 12.7. The van der Waals surface area contributed by atoms with Gasteiger partial charge in [-0.15, -0.1) is 0 Å². The van der Waals surface area contributed by atoms with Crippen LogP contribution in [-0.4, -0.2) is 33.6 Å². The first-order valence-electron chi connectivity index (χ1n) is 5.36.